The van der Waals surface area contributed by atoms with E-state index in [2.05, 4.69) is 104 Å². The number of hydrogen-bond donors (Lipinski definition) is 0. The first-order valence-electron chi connectivity index (χ1n) is 16.3. The summed E-state index contributed by atoms with van der Waals surface area (Å²) in [6.45, 7) is 11.9. The number of methoxy groups -OCH3 is 1. The summed E-state index contributed by atoms with van der Waals surface area (Å²) in [7, 11) is 1.63. The highest BCUT2D eigenvalue weighted by Crippen LogP contribution is 2.55. The largest absolute Gasteiger partial charge is 0.493 e. The van der Waals surface area contributed by atoms with Crippen molar-refractivity contribution < 1.29 is 19.1 Å². The molecule has 0 aromatic heterocycles. The van der Waals surface area contributed by atoms with Crippen molar-refractivity contribution >= 4 is 27.5 Å². The number of carbonyl (C=O) groups excluding carboxylic acids is 2. The minimum atomic E-state index is -0.457. The van der Waals surface area contributed by atoms with Gasteiger partial charge >= 0.3 is 0 Å². The number of hydrogen-bond acceptors (Lipinski definition) is 5. The van der Waals surface area contributed by atoms with Crippen molar-refractivity contribution in [3.8, 4) is 11.5 Å². The highest BCUT2D eigenvalue weighted by molar-refractivity contribution is 9.10. The average Bonchev–Trinajstić information content (AvgIpc) is 2.99. The predicted molar refractivity (Wildman–Crippen MR) is 186 cm³/mol. The second-order valence-electron chi connectivity index (χ2n) is 14.7. The molecule has 1 heterocycles. The molecular weight excluding hydrogens is 638 g/mol. The first-order chi connectivity index (χ1) is 21.9. The predicted octanol–water partition coefficient (Wildman–Crippen LogP) is 9.27. The monoisotopic (exact) mass is 681 g/mol. The lowest BCUT2D eigenvalue weighted by molar-refractivity contribution is -0.119. The number of halogens is 1. The Bertz CT molecular complexity index is 1680. The lowest BCUT2D eigenvalue weighted by atomic mass is 9.63. The van der Waals surface area contributed by atoms with Crippen LogP contribution in [-0.2, 0) is 22.6 Å². The smallest absolute Gasteiger partial charge is 0.175 e. The van der Waals surface area contributed by atoms with Gasteiger partial charge in [0.15, 0.2) is 23.1 Å². The Hall–Kier alpha value is -3.64. The maximum absolute atomic E-state index is 14.3. The van der Waals surface area contributed by atoms with Crippen LogP contribution in [-0.4, -0.2) is 30.1 Å². The molecule has 0 amide bonds. The average molecular weight is 683 g/mol. The number of carbonyl (C=O) groups is 2. The van der Waals surface area contributed by atoms with Crippen LogP contribution < -0.4 is 9.47 Å². The second kappa shape index (κ2) is 12.5. The maximum atomic E-state index is 14.3. The molecule has 0 saturated heterocycles. The highest BCUT2D eigenvalue weighted by Gasteiger charge is 2.49. The number of benzene rings is 3. The molecule has 6 rings (SSSR count). The van der Waals surface area contributed by atoms with Crippen molar-refractivity contribution in [2.75, 3.05) is 13.7 Å². The van der Waals surface area contributed by atoms with Crippen molar-refractivity contribution in [2.45, 2.75) is 79.2 Å². The number of ketones is 2. The maximum Gasteiger partial charge on any atom is 0.175 e. The molecule has 0 radical (unpaired) electrons. The van der Waals surface area contributed by atoms with Gasteiger partial charge in [0.25, 0.3) is 0 Å². The number of Topliss-reactive ketones (excluding diaryl/α,β-unsaturated/α-hetero) is 2. The molecule has 1 aliphatic heterocycles. The number of aryl methyl sites for hydroxylation is 1. The van der Waals surface area contributed by atoms with Crippen LogP contribution >= 0.6 is 15.9 Å². The van der Waals surface area contributed by atoms with Gasteiger partial charge in [0.1, 0.15) is 6.61 Å². The fraction of sp³-hybridized carbons (Fsp3) is 0.400. The fourth-order valence-corrected chi connectivity index (χ4v) is 8.00. The molecule has 3 aromatic rings. The van der Waals surface area contributed by atoms with Crippen molar-refractivity contribution in [3.63, 3.8) is 0 Å². The molecule has 6 heteroatoms. The van der Waals surface area contributed by atoms with Gasteiger partial charge in [-0.1, -0.05) is 87.9 Å². The molecule has 0 fully saturated rings. The molecular formula is C40H44BrNO4. The van der Waals surface area contributed by atoms with Crippen molar-refractivity contribution in [2.24, 2.45) is 10.8 Å². The summed E-state index contributed by atoms with van der Waals surface area (Å²) in [6, 6.07) is 22.7. The van der Waals surface area contributed by atoms with Crippen molar-refractivity contribution in [1.29, 1.82) is 0 Å². The summed E-state index contributed by atoms with van der Waals surface area (Å²) in [5.41, 5.74) is 7.68. The van der Waals surface area contributed by atoms with Crippen LogP contribution in [0.3, 0.4) is 0 Å². The first-order valence-corrected chi connectivity index (χ1v) is 17.0. The van der Waals surface area contributed by atoms with Crippen LogP contribution in [0.2, 0.25) is 0 Å². The van der Waals surface area contributed by atoms with Crippen LogP contribution in [0.5, 0.6) is 11.5 Å². The van der Waals surface area contributed by atoms with Crippen molar-refractivity contribution in [1.82, 2.24) is 4.90 Å². The third-order valence-electron chi connectivity index (χ3n) is 9.58. The molecule has 2 aliphatic carbocycles. The minimum absolute atomic E-state index is 0.125. The van der Waals surface area contributed by atoms with E-state index >= 15 is 0 Å². The quantitative estimate of drug-likeness (QED) is 0.237. The Kier molecular flexibility index (Phi) is 8.79. The van der Waals surface area contributed by atoms with E-state index in [1.54, 1.807) is 7.11 Å². The molecule has 46 heavy (non-hydrogen) atoms. The fourth-order valence-electron chi connectivity index (χ4n) is 7.42. The molecule has 0 N–H and O–H groups in total. The van der Waals surface area contributed by atoms with E-state index in [-0.39, 0.29) is 22.4 Å². The molecule has 0 atom stereocenters. The summed E-state index contributed by atoms with van der Waals surface area (Å²) in [5.74, 6) is 0.962. The number of rotatable bonds is 8. The SMILES string of the molecule is COc1cc(C2C3=C(CC(C)(C)CC3=O)N(CCc3ccccc3)C3=C2C(=O)CC(C)(C)C3)cc(Br)c1OCc1ccc(C)cc1. The van der Waals surface area contributed by atoms with Gasteiger partial charge in [-0.2, -0.15) is 0 Å². The molecule has 3 aromatic carbocycles. The molecule has 0 unspecified atom stereocenters. The van der Waals surface area contributed by atoms with Crippen LogP contribution in [0.4, 0.5) is 0 Å². The van der Waals surface area contributed by atoms with E-state index in [1.165, 1.54) is 11.1 Å². The number of allylic oxidation sites excluding steroid dienone is 4. The Labute approximate surface area is 281 Å². The summed E-state index contributed by atoms with van der Waals surface area (Å²) < 4.78 is 12.9. The van der Waals surface area contributed by atoms with Gasteiger partial charge in [0.05, 0.1) is 11.6 Å². The van der Waals surface area contributed by atoms with E-state index in [0.29, 0.717) is 30.9 Å². The highest BCUT2D eigenvalue weighted by atomic mass is 79.9. The molecule has 0 bridgehead atoms. The van der Waals surface area contributed by atoms with Crippen molar-refractivity contribution in [3.05, 3.63) is 116 Å². The summed E-state index contributed by atoms with van der Waals surface area (Å²) in [6.07, 6.45) is 3.29. The van der Waals surface area contributed by atoms with Gasteiger partial charge < -0.3 is 14.4 Å². The van der Waals surface area contributed by atoms with E-state index in [9.17, 15) is 9.59 Å². The lowest BCUT2D eigenvalue weighted by Crippen LogP contribution is -2.45. The van der Waals surface area contributed by atoms with E-state index in [0.717, 1.165) is 63.9 Å². The van der Waals surface area contributed by atoms with Gasteiger partial charge in [-0.3, -0.25) is 9.59 Å². The van der Waals surface area contributed by atoms with E-state index < -0.39 is 5.92 Å². The Morgan fingerprint density at radius 1 is 0.804 bits per heavy atom. The number of nitrogens with zero attached hydrogens (tertiary/aromatic N) is 1. The van der Waals surface area contributed by atoms with Gasteiger partial charge in [-0.25, -0.2) is 0 Å². The van der Waals surface area contributed by atoms with Gasteiger partial charge in [-0.05, 0) is 81.8 Å². The van der Waals surface area contributed by atoms with Gasteiger partial charge in [0, 0.05) is 47.8 Å². The second-order valence-corrected chi connectivity index (χ2v) is 15.6. The van der Waals surface area contributed by atoms with Gasteiger partial charge in [0.2, 0.25) is 0 Å². The molecule has 240 valence electrons. The summed E-state index contributed by atoms with van der Waals surface area (Å²) in [4.78, 5) is 30.9. The Morgan fingerprint density at radius 3 is 1.96 bits per heavy atom. The van der Waals surface area contributed by atoms with Crippen LogP contribution in [0, 0.1) is 17.8 Å². The standard InChI is InChI=1S/C40H44BrNO4/c1-25-12-14-27(15-13-25)24-46-38-29(41)18-28(19-34(38)45-6)35-36-30(20-39(2,3)22-32(36)43)42(17-16-26-10-8-7-9-11-26)31-21-40(4,5)23-33(44)37(31)35/h7-15,18-19,35H,16-17,20-24H2,1-6H3. The zero-order valence-electron chi connectivity index (χ0n) is 27.8. The van der Waals surface area contributed by atoms with Crippen LogP contribution in [0.1, 0.15) is 81.5 Å². The van der Waals surface area contributed by atoms with E-state index in [4.69, 9.17) is 9.47 Å². The normalized spacial score (nSPS) is 19.2. The van der Waals surface area contributed by atoms with Gasteiger partial charge in [-0.15, -0.1) is 0 Å². The molecule has 0 spiro atoms. The lowest BCUT2D eigenvalue weighted by Gasteiger charge is -2.49. The zero-order chi connectivity index (χ0) is 32.8. The van der Waals surface area contributed by atoms with Crippen LogP contribution in [0.15, 0.2) is 93.7 Å². The first kappa shape index (κ1) is 32.3. The number of ether oxygens (including phenoxy) is 2. The summed E-state index contributed by atoms with van der Waals surface area (Å²) in [5, 5.41) is 0. The Morgan fingerprint density at radius 2 is 1.39 bits per heavy atom. The third-order valence-corrected chi connectivity index (χ3v) is 10.2. The zero-order valence-corrected chi connectivity index (χ0v) is 29.4. The third kappa shape index (κ3) is 6.46. The Balaban J connectivity index is 1.47. The van der Waals surface area contributed by atoms with E-state index in [1.807, 2.05) is 18.2 Å². The summed E-state index contributed by atoms with van der Waals surface area (Å²) >= 11 is 3.78. The molecule has 5 nitrogen and oxygen atoms in total. The minimum Gasteiger partial charge on any atom is -0.493 e. The topological polar surface area (TPSA) is 55.8 Å². The molecule has 3 aliphatic rings. The molecule has 0 saturated carbocycles. The van der Waals surface area contributed by atoms with Crippen LogP contribution in [0.25, 0.3) is 0 Å².